The highest BCUT2D eigenvalue weighted by Gasteiger charge is 2.19. The van der Waals surface area contributed by atoms with Gasteiger partial charge in [0.1, 0.15) is 0 Å². The normalized spacial score (nSPS) is 11.2. The minimum atomic E-state index is 0.738. The topological polar surface area (TPSA) is 17.1 Å². The van der Waals surface area contributed by atoms with E-state index in [0.29, 0.717) is 0 Å². The first-order chi connectivity index (χ1) is 15.8. The van der Waals surface area contributed by atoms with Gasteiger partial charge in [-0.1, -0.05) is 109 Å². The van der Waals surface area contributed by atoms with Gasteiger partial charge >= 0.3 is 0 Å². The molecule has 0 aliphatic carbocycles. The second-order valence-electron chi connectivity index (χ2n) is 8.11. The summed E-state index contributed by atoms with van der Waals surface area (Å²) in [5, 5.41) is 6.74. The summed E-state index contributed by atoms with van der Waals surface area (Å²) in [6.07, 6.45) is 1.02. The summed E-state index contributed by atoms with van der Waals surface area (Å²) in [5.74, 6) is 0. The van der Waals surface area contributed by atoms with Crippen molar-refractivity contribution in [2.24, 2.45) is 0 Å². The maximum absolute atomic E-state index is 12.6. The molecule has 0 aliphatic rings. The molecule has 0 aromatic heterocycles. The van der Waals surface area contributed by atoms with E-state index in [4.69, 9.17) is 0 Å². The van der Waals surface area contributed by atoms with Crippen LogP contribution in [0.2, 0.25) is 0 Å². The average Bonchev–Trinajstić information content (AvgIpc) is 2.87. The van der Waals surface area contributed by atoms with Gasteiger partial charge in [0.25, 0.3) is 0 Å². The first kappa shape index (κ1) is 18.5. The smallest absolute Gasteiger partial charge is 0.151 e. The van der Waals surface area contributed by atoms with Crippen LogP contribution in [0.4, 0.5) is 0 Å². The van der Waals surface area contributed by atoms with Gasteiger partial charge in [-0.2, -0.15) is 0 Å². The van der Waals surface area contributed by atoms with Gasteiger partial charge in [0.05, 0.1) is 0 Å². The van der Waals surface area contributed by atoms with Crippen molar-refractivity contribution in [1.29, 1.82) is 0 Å². The molecule has 6 aromatic carbocycles. The Labute approximate surface area is 186 Å². The summed E-state index contributed by atoms with van der Waals surface area (Å²) in [6, 6.07) is 39.9. The Balaban J connectivity index is 1.83. The molecule has 0 fully saturated rings. The number of aldehydes is 1. The fraction of sp³-hybridized carbons (Fsp3) is 0. The van der Waals surface area contributed by atoms with Gasteiger partial charge in [0.2, 0.25) is 0 Å². The minimum absolute atomic E-state index is 0.738. The molecular weight excluding hydrogens is 388 g/mol. The standard InChI is InChI=1S/C31H20O/c32-20-30-26-16-6-3-11-23(26)19-29(27-17-7-12-21-9-1-4-14-24(21)27)31(30)28-18-8-13-22-10-2-5-15-25(22)28/h1-20H. The fourth-order valence-corrected chi connectivity index (χ4v) is 4.90. The number of carbonyl (C=O) groups excluding carboxylic acids is 1. The summed E-state index contributed by atoms with van der Waals surface area (Å²) >= 11 is 0. The maximum atomic E-state index is 12.6. The van der Waals surface area contributed by atoms with E-state index in [9.17, 15) is 4.79 Å². The van der Waals surface area contributed by atoms with Gasteiger partial charge in [0.15, 0.2) is 6.29 Å². The number of benzene rings is 6. The Bertz CT molecular complexity index is 1630. The van der Waals surface area contributed by atoms with E-state index in [1.807, 2.05) is 18.2 Å². The lowest BCUT2D eigenvalue weighted by Gasteiger charge is -2.19. The number of fused-ring (bicyclic) bond motifs is 3. The molecule has 0 unspecified atom stereocenters. The third kappa shape index (κ3) is 2.83. The zero-order chi connectivity index (χ0) is 21.5. The van der Waals surface area contributed by atoms with Gasteiger partial charge in [-0.25, -0.2) is 0 Å². The summed E-state index contributed by atoms with van der Waals surface area (Å²) in [4.78, 5) is 12.6. The first-order valence-corrected chi connectivity index (χ1v) is 10.8. The highest BCUT2D eigenvalue weighted by atomic mass is 16.1. The molecule has 0 saturated carbocycles. The van der Waals surface area contributed by atoms with Crippen LogP contribution in [0.3, 0.4) is 0 Å². The zero-order valence-electron chi connectivity index (χ0n) is 17.5. The van der Waals surface area contributed by atoms with E-state index in [1.165, 1.54) is 16.2 Å². The van der Waals surface area contributed by atoms with Crippen LogP contribution in [0.5, 0.6) is 0 Å². The Kier molecular flexibility index (Phi) is 4.33. The molecule has 0 saturated heterocycles. The van der Waals surface area contributed by atoms with Crippen LogP contribution in [0.25, 0.3) is 54.6 Å². The van der Waals surface area contributed by atoms with Crippen LogP contribution in [-0.4, -0.2) is 6.29 Å². The van der Waals surface area contributed by atoms with Crippen molar-refractivity contribution in [3.8, 4) is 22.3 Å². The predicted octanol–water partition coefficient (Wildman–Crippen LogP) is 8.29. The molecule has 0 N–H and O–H groups in total. The van der Waals surface area contributed by atoms with E-state index in [-0.39, 0.29) is 0 Å². The molecule has 32 heavy (non-hydrogen) atoms. The Morgan fingerprint density at radius 1 is 0.438 bits per heavy atom. The van der Waals surface area contributed by atoms with Crippen molar-refractivity contribution in [3.05, 3.63) is 121 Å². The molecule has 1 nitrogen and oxygen atoms in total. The molecule has 0 heterocycles. The molecule has 0 radical (unpaired) electrons. The molecular formula is C31H20O. The maximum Gasteiger partial charge on any atom is 0.151 e. The van der Waals surface area contributed by atoms with Gasteiger partial charge in [0, 0.05) is 11.1 Å². The molecule has 0 spiro atoms. The van der Waals surface area contributed by atoms with Crippen molar-refractivity contribution < 1.29 is 4.79 Å². The van der Waals surface area contributed by atoms with Gasteiger partial charge in [-0.05, 0) is 55.1 Å². The molecule has 6 aromatic rings. The van der Waals surface area contributed by atoms with Crippen LogP contribution in [0, 0.1) is 0 Å². The number of carbonyl (C=O) groups is 1. The van der Waals surface area contributed by atoms with Crippen LogP contribution in [-0.2, 0) is 0 Å². The van der Waals surface area contributed by atoms with Crippen LogP contribution in [0.1, 0.15) is 10.4 Å². The lowest BCUT2D eigenvalue weighted by Crippen LogP contribution is -1.96. The van der Waals surface area contributed by atoms with Crippen molar-refractivity contribution in [1.82, 2.24) is 0 Å². The minimum Gasteiger partial charge on any atom is -0.298 e. The van der Waals surface area contributed by atoms with E-state index in [2.05, 4.69) is 97.1 Å². The van der Waals surface area contributed by atoms with Gasteiger partial charge in [-0.3, -0.25) is 4.79 Å². The van der Waals surface area contributed by atoms with E-state index >= 15 is 0 Å². The summed E-state index contributed by atoms with van der Waals surface area (Å²) in [7, 11) is 0. The third-order valence-corrected chi connectivity index (χ3v) is 6.35. The fourth-order valence-electron chi connectivity index (χ4n) is 4.90. The van der Waals surface area contributed by atoms with Crippen molar-refractivity contribution >= 4 is 38.6 Å². The van der Waals surface area contributed by atoms with Crippen molar-refractivity contribution in [2.75, 3.05) is 0 Å². The highest BCUT2D eigenvalue weighted by Crippen LogP contribution is 2.43. The van der Waals surface area contributed by atoms with E-state index < -0.39 is 0 Å². The second-order valence-corrected chi connectivity index (χ2v) is 8.11. The average molecular weight is 409 g/mol. The lowest BCUT2D eigenvalue weighted by atomic mass is 9.84. The molecule has 0 bridgehead atoms. The second kappa shape index (κ2) is 7.47. The van der Waals surface area contributed by atoms with Crippen molar-refractivity contribution in [2.45, 2.75) is 0 Å². The molecule has 0 atom stereocenters. The van der Waals surface area contributed by atoms with Crippen molar-refractivity contribution in [3.63, 3.8) is 0 Å². The van der Waals surface area contributed by atoms with Crippen LogP contribution < -0.4 is 0 Å². The molecule has 0 aliphatic heterocycles. The monoisotopic (exact) mass is 408 g/mol. The summed E-state index contributed by atoms with van der Waals surface area (Å²) in [5.41, 5.74) is 5.03. The Hall–Kier alpha value is -4.23. The highest BCUT2D eigenvalue weighted by molar-refractivity contribution is 6.15. The first-order valence-electron chi connectivity index (χ1n) is 10.8. The van der Waals surface area contributed by atoms with E-state index in [1.54, 1.807) is 0 Å². The molecule has 6 rings (SSSR count). The quantitative estimate of drug-likeness (QED) is 0.269. The van der Waals surface area contributed by atoms with E-state index in [0.717, 1.165) is 50.3 Å². The molecule has 150 valence electrons. The Morgan fingerprint density at radius 2 is 0.938 bits per heavy atom. The number of hydrogen-bond donors (Lipinski definition) is 0. The molecule has 1 heteroatoms. The lowest BCUT2D eigenvalue weighted by molar-refractivity contribution is 0.112. The SMILES string of the molecule is O=Cc1c(-c2cccc3ccccc23)c(-c2cccc3ccccc23)cc2ccccc12. The van der Waals surface area contributed by atoms with Gasteiger partial charge in [-0.15, -0.1) is 0 Å². The van der Waals surface area contributed by atoms with Gasteiger partial charge < -0.3 is 0 Å². The Morgan fingerprint density at radius 3 is 1.59 bits per heavy atom. The molecule has 0 amide bonds. The van der Waals surface area contributed by atoms with Crippen LogP contribution in [0.15, 0.2) is 115 Å². The number of rotatable bonds is 3. The van der Waals surface area contributed by atoms with Crippen LogP contribution >= 0.6 is 0 Å². The predicted molar refractivity (Wildman–Crippen MR) is 135 cm³/mol. The third-order valence-electron chi connectivity index (χ3n) is 6.35. The zero-order valence-corrected chi connectivity index (χ0v) is 17.5. The largest absolute Gasteiger partial charge is 0.298 e. The summed E-state index contributed by atoms with van der Waals surface area (Å²) in [6.45, 7) is 0. The number of hydrogen-bond acceptors (Lipinski definition) is 1. The summed E-state index contributed by atoms with van der Waals surface area (Å²) < 4.78 is 0.